The summed E-state index contributed by atoms with van der Waals surface area (Å²) in [6, 6.07) is 6.13. The number of rotatable bonds is 8. The molecule has 1 heterocycles. The fraction of sp³-hybridized carbons (Fsp3) is 0.412. The average molecular weight is 331 g/mol. The van der Waals surface area contributed by atoms with Crippen molar-refractivity contribution in [3.63, 3.8) is 0 Å². The van der Waals surface area contributed by atoms with Crippen molar-refractivity contribution >= 4 is 17.3 Å². The van der Waals surface area contributed by atoms with Crippen molar-refractivity contribution in [3.05, 3.63) is 30.1 Å². The van der Waals surface area contributed by atoms with Gasteiger partial charge in [-0.1, -0.05) is 6.07 Å². The topological polar surface area (TPSA) is 94.3 Å². The molecule has 0 fully saturated rings. The van der Waals surface area contributed by atoms with Gasteiger partial charge in [0.05, 0.1) is 14.2 Å². The molecule has 2 aromatic rings. The van der Waals surface area contributed by atoms with Crippen LogP contribution in [0, 0.1) is 0 Å². The first kappa shape index (κ1) is 17.7. The molecule has 0 bridgehead atoms. The molecule has 0 spiro atoms. The Kier molecular flexibility index (Phi) is 6.06. The van der Waals surface area contributed by atoms with Crippen LogP contribution < -0.4 is 25.8 Å². The minimum atomic E-state index is 0.252. The number of anilines is 3. The van der Waals surface area contributed by atoms with Crippen LogP contribution in [0.1, 0.15) is 19.4 Å². The standard InChI is InChI=1S/C17H25N5O2/c1-11(2)22-17-15(18)16(20-10-21-17)19-8-7-12-5-6-13(23-3)14(9-12)24-4/h5-6,9-11H,7-8,18H2,1-4H3,(H2,19,20,21,22). The Morgan fingerprint density at radius 2 is 1.79 bits per heavy atom. The fourth-order valence-corrected chi connectivity index (χ4v) is 2.29. The molecule has 24 heavy (non-hydrogen) atoms. The van der Waals surface area contributed by atoms with Crippen LogP contribution in [0.4, 0.5) is 17.3 Å². The Labute approximate surface area is 142 Å². The SMILES string of the molecule is COc1ccc(CCNc2ncnc(NC(C)C)c2N)cc1OC. The number of hydrogen-bond donors (Lipinski definition) is 3. The van der Waals surface area contributed by atoms with E-state index in [0.29, 0.717) is 23.9 Å². The zero-order valence-electron chi connectivity index (χ0n) is 14.6. The third kappa shape index (κ3) is 4.41. The van der Waals surface area contributed by atoms with Crippen LogP contribution in [0.15, 0.2) is 24.5 Å². The van der Waals surface area contributed by atoms with E-state index in [1.807, 2.05) is 32.0 Å². The summed E-state index contributed by atoms with van der Waals surface area (Å²) in [4.78, 5) is 8.38. The Balaban J connectivity index is 1.99. The van der Waals surface area contributed by atoms with Crippen LogP contribution in [0.2, 0.25) is 0 Å². The van der Waals surface area contributed by atoms with Crippen molar-refractivity contribution < 1.29 is 9.47 Å². The summed E-state index contributed by atoms with van der Waals surface area (Å²) >= 11 is 0. The van der Waals surface area contributed by atoms with Crippen molar-refractivity contribution in [2.24, 2.45) is 0 Å². The van der Waals surface area contributed by atoms with E-state index >= 15 is 0 Å². The molecule has 0 amide bonds. The van der Waals surface area contributed by atoms with E-state index in [0.717, 1.165) is 23.5 Å². The van der Waals surface area contributed by atoms with E-state index < -0.39 is 0 Å². The number of nitrogens with two attached hydrogens (primary N) is 1. The Hall–Kier alpha value is -2.70. The van der Waals surface area contributed by atoms with Crippen molar-refractivity contribution in [2.45, 2.75) is 26.3 Å². The summed E-state index contributed by atoms with van der Waals surface area (Å²) < 4.78 is 10.6. The second kappa shape index (κ2) is 8.24. The molecule has 7 nitrogen and oxygen atoms in total. The molecule has 2 rings (SSSR count). The van der Waals surface area contributed by atoms with Gasteiger partial charge in [-0.05, 0) is 38.0 Å². The highest BCUT2D eigenvalue weighted by atomic mass is 16.5. The molecule has 0 aliphatic heterocycles. The maximum Gasteiger partial charge on any atom is 0.160 e. The number of hydrogen-bond acceptors (Lipinski definition) is 7. The molecule has 4 N–H and O–H groups in total. The number of methoxy groups -OCH3 is 2. The van der Waals surface area contributed by atoms with Gasteiger partial charge in [0.25, 0.3) is 0 Å². The highest BCUT2D eigenvalue weighted by molar-refractivity contribution is 5.74. The Morgan fingerprint density at radius 1 is 1.08 bits per heavy atom. The van der Waals surface area contributed by atoms with Crippen molar-refractivity contribution in [3.8, 4) is 11.5 Å². The largest absolute Gasteiger partial charge is 0.493 e. The Bertz CT molecular complexity index is 676. The molecule has 1 aromatic carbocycles. The molecular formula is C17H25N5O2. The third-order valence-electron chi connectivity index (χ3n) is 3.46. The Morgan fingerprint density at radius 3 is 2.46 bits per heavy atom. The lowest BCUT2D eigenvalue weighted by Gasteiger charge is -2.14. The number of aromatic nitrogens is 2. The molecule has 0 saturated heterocycles. The lowest BCUT2D eigenvalue weighted by atomic mass is 10.1. The molecule has 0 aliphatic carbocycles. The van der Waals surface area contributed by atoms with Crippen LogP contribution in [0.3, 0.4) is 0 Å². The zero-order chi connectivity index (χ0) is 17.5. The molecule has 130 valence electrons. The fourth-order valence-electron chi connectivity index (χ4n) is 2.29. The molecule has 0 atom stereocenters. The summed E-state index contributed by atoms with van der Waals surface area (Å²) in [6.07, 6.45) is 2.30. The maximum absolute atomic E-state index is 6.11. The smallest absolute Gasteiger partial charge is 0.160 e. The number of nitrogen functional groups attached to an aromatic ring is 1. The van der Waals surface area contributed by atoms with Gasteiger partial charge in [0, 0.05) is 12.6 Å². The van der Waals surface area contributed by atoms with Gasteiger partial charge in [-0.3, -0.25) is 0 Å². The predicted molar refractivity (Wildman–Crippen MR) is 96.9 cm³/mol. The molecule has 0 unspecified atom stereocenters. The monoisotopic (exact) mass is 331 g/mol. The van der Waals surface area contributed by atoms with Gasteiger partial charge in [0.1, 0.15) is 12.0 Å². The molecule has 0 saturated carbocycles. The van der Waals surface area contributed by atoms with Crippen molar-refractivity contribution in [2.75, 3.05) is 37.1 Å². The third-order valence-corrected chi connectivity index (χ3v) is 3.46. The van der Waals surface area contributed by atoms with Crippen LogP contribution in [-0.2, 0) is 6.42 Å². The first-order valence-electron chi connectivity index (χ1n) is 7.87. The van der Waals surface area contributed by atoms with Gasteiger partial charge in [0.15, 0.2) is 23.1 Å². The van der Waals surface area contributed by atoms with E-state index in [4.69, 9.17) is 15.2 Å². The van der Waals surface area contributed by atoms with Crippen LogP contribution in [-0.4, -0.2) is 36.8 Å². The summed E-state index contributed by atoms with van der Waals surface area (Å²) in [5, 5.41) is 6.46. The van der Waals surface area contributed by atoms with E-state index in [2.05, 4.69) is 20.6 Å². The van der Waals surface area contributed by atoms with Crippen molar-refractivity contribution in [1.82, 2.24) is 9.97 Å². The minimum absolute atomic E-state index is 0.252. The number of benzene rings is 1. The molecule has 0 radical (unpaired) electrons. The highest BCUT2D eigenvalue weighted by Gasteiger charge is 2.09. The number of ether oxygens (including phenoxy) is 2. The quantitative estimate of drug-likeness (QED) is 0.684. The highest BCUT2D eigenvalue weighted by Crippen LogP contribution is 2.28. The number of nitrogens with zero attached hydrogens (tertiary/aromatic N) is 2. The van der Waals surface area contributed by atoms with E-state index in [1.54, 1.807) is 14.2 Å². The first-order chi connectivity index (χ1) is 11.5. The summed E-state index contributed by atoms with van der Waals surface area (Å²) in [5.41, 5.74) is 7.77. The van der Waals surface area contributed by atoms with Crippen LogP contribution in [0.25, 0.3) is 0 Å². The molecule has 1 aromatic heterocycles. The van der Waals surface area contributed by atoms with E-state index in [9.17, 15) is 0 Å². The maximum atomic E-state index is 6.11. The van der Waals surface area contributed by atoms with Gasteiger partial charge in [0.2, 0.25) is 0 Å². The van der Waals surface area contributed by atoms with Crippen LogP contribution in [0.5, 0.6) is 11.5 Å². The second-order valence-corrected chi connectivity index (χ2v) is 5.65. The second-order valence-electron chi connectivity index (χ2n) is 5.65. The van der Waals surface area contributed by atoms with Crippen molar-refractivity contribution in [1.29, 1.82) is 0 Å². The molecule has 7 heteroatoms. The first-order valence-corrected chi connectivity index (χ1v) is 7.87. The van der Waals surface area contributed by atoms with E-state index in [-0.39, 0.29) is 6.04 Å². The minimum Gasteiger partial charge on any atom is -0.493 e. The van der Waals surface area contributed by atoms with Gasteiger partial charge < -0.3 is 25.8 Å². The lowest BCUT2D eigenvalue weighted by Crippen LogP contribution is -2.15. The number of nitrogens with one attached hydrogen (secondary N) is 2. The molecular weight excluding hydrogens is 306 g/mol. The summed E-state index contributed by atoms with van der Waals surface area (Å²) in [7, 11) is 3.25. The molecule has 0 aliphatic rings. The average Bonchev–Trinajstić information content (AvgIpc) is 2.57. The van der Waals surface area contributed by atoms with Gasteiger partial charge in [-0.2, -0.15) is 0 Å². The van der Waals surface area contributed by atoms with Gasteiger partial charge >= 0.3 is 0 Å². The summed E-state index contributed by atoms with van der Waals surface area (Å²) in [5.74, 6) is 2.72. The lowest BCUT2D eigenvalue weighted by molar-refractivity contribution is 0.354. The predicted octanol–water partition coefficient (Wildman–Crippen LogP) is 2.55. The van der Waals surface area contributed by atoms with E-state index in [1.165, 1.54) is 6.33 Å². The summed E-state index contributed by atoms with van der Waals surface area (Å²) in [6.45, 7) is 4.76. The normalized spacial score (nSPS) is 10.5. The van der Waals surface area contributed by atoms with Gasteiger partial charge in [-0.25, -0.2) is 9.97 Å². The zero-order valence-corrected chi connectivity index (χ0v) is 14.6. The van der Waals surface area contributed by atoms with Crippen LogP contribution >= 0.6 is 0 Å². The van der Waals surface area contributed by atoms with Gasteiger partial charge in [-0.15, -0.1) is 0 Å².